The second-order valence-corrected chi connectivity index (χ2v) is 14.3. The molecule has 0 aromatic heterocycles. The van der Waals surface area contributed by atoms with Gasteiger partial charge in [0.15, 0.2) is 0 Å². The lowest BCUT2D eigenvalue weighted by Crippen LogP contribution is -2.26. The van der Waals surface area contributed by atoms with Crippen molar-refractivity contribution in [3.05, 3.63) is 204 Å². The predicted molar refractivity (Wildman–Crippen MR) is 215 cm³/mol. The van der Waals surface area contributed by atoms with Gasteiger partial charge in [0.05, 0.1) is 5.41 Å². The van der Waals surface area contributed by atoms with Gasteiger partial charge in [-0.2, -0.15) is 0 Å². The number of hydrogen-bond donors (Lipinski definition) is 0. The average Bonchev–Trinajstić information content (AvgIpc) is 3.67. The fourth-order valence-electron chi connectivity index (χ4n) is 10.0. The van der Waals surface area contributed by atoms with Crippen LogP contribution in [0, 0.1) is 0 Å². The fourth-order valence-corrected chi connectivity index (χ4v) is 10.0. The van der Waals surface area contributed by atoms with Crippen molar-refractivity contribution in [3.8, 4) is 44.5 Å². The molecule has 0 saturated heterocycles. The van der Waals surface area contributed by atoms with Crippen molar-refractivity contribution < 1.29 is 0 Å². The Balaban J connectivity index is 1.25. The Labute approximate surface area is 296 Å². The minimum Gasteiger partial charge on any atom is -0.0622 e. The van der Waals surface area contributed by atoms with E-state index in [1.807, 2.05) is 0 Å². The third-order valence-electron chi connectivity index (χ3n) is 12.0. The molecule has 0 heteroatoms. The van der Waals surface area contributed by atoms with E-state index in [1.165, 1.54) is 110 Å². The molecule has 2 aliphatic carbocycles. The maximum atomic E-state index is 2.55. The Morgan fingerprint density at radius 1 is 0.294 bits per heavy atom. The van der Waals surface area contributed by atoms with Crippen LogP contribution in [0.25, 0.3) is 87.6 Å². The molecule has 0 fully saturated rings. The zero-order valence-corrected chi connectivity index (χ0v) is 27.8. The van der Waals surface area contributed by atoms with Crippen molar-refractivity contribution in [3.63, 3.8) is 0 Å². The molecule has 1 spiro atoms. The van der Waals surface area contributed by atoms with Gasteiger partial charge in [0.2, 0.25) is 0 Å². The van der Waals surface area contributed by atoms with Crippen LogP contribution in [0.4, 0.5) is 0 Å². The highest BCUT2D eigenvalue weighted by atomic mass is 14.5. The van der Waals surface area contributed by atoms with E-state index in [0.717, 1.165) is 0 Å². The summed E-state index contributed by atoms with van der Waals surface area (Å²) in [7, 11) is 0. The fraction of sp³-hybridized carbons (Fsp3) is 0.0196. The lowest BCUT2D eigenvalue weighted by Gasteiger charge is -2.32. The first-order valence-corrected chi connectivity index (χ1v) is 17.9. The monoisotopic (exact) mass is 642 g/mol. The highest BCUT2D eigenvalue weighted by molar-refractivity contribution is 6.25. The molecule has 0 N–H and O–H groups in total. The molecule has 2 aliphatic rings. The molecule has 0 heterocycles. The van der Waals surface area contributed by atoms with Crippen LogP contribution in [-0.4, -0.2) is 0 Å². The van der Waals surface area contributed by atoms with Crippen LogP contribution in [0.1, 0.15) is 22.3 Å². The van der Waals surface area contributed by atoms with E-state index in [4.69, 9.17) is 0 Å². The topological polar surface area (TPSA) is 0 Å². The van der Waals surface area contributed by atoms with Crippen LogP contribution in [0.15, 0.2) is 182 Å². The smallest absolute Gasteiger partial charge is 0.0622 e. The molecule has 0 unspecified atom stereocenters. The summed E-state index contributed by atoms with van der Waals surface area (Å²) in [6.07, 6.45) is 0. The Hall–Kier alpha value is -6.50. The predicted octanol–water partition coefficient (Wildman–Crippen LogP) is 13.4. The number of rotatable bonds is 2. The summed E-state index contributed by atoms with van der Waals surface area (Å²) in [4.78, 5) is 0. The maximum absolute atomic E-state index is 2.55. The third kappa shape index (κ3) is 3.40. The molecule has 10 aromatic rings. The molecule has 0 amide bonds. The first-order chi connectivity index (χ1) is 25.3. The number of benzene rings is 10. The standard InChI is InChI=1S/C51H30/c1-2-11-31(12-3-1)43-29-35-13-4-5-16-38(35)50-49(43)42-28-25-36(30-46(42)51(50)44-19-8-6-17-39(44)40-18-7-9-20-45(40)51)37-26-23-34-22-21-32-14-10-15-33-24-27-41(37)48(34)47(32)33/h1-30H. The van der Waals surface area contributed by atoms with Crippen LogP contribution in [0.2, 0.25) is 0 Å². The summed E-state index contributed by atoms with van der Waals surface area (Å²) in [6.45, 7) is 0. The van der Waals surface area contributed by atoms with Gasteiger partial charge in [-0.1, -0.05) is 170 Å². The SMILES string of the molecule is c1ccc(-c2cc3ccccc3c3c2-c2ccc(-c4ccc5ccc6cccc7ccc4c5c67)cc2C32c3ccccc3-c3ccccc32)cc1. The van der Waals surface area contributed by atoms with Gasteiger partial charge in [0, 0.05) is 0 Å². The van der Waals surface area contributed by atoms with Gasteiger partial charge in [0.1, 0.15) is 0 Å². The van der Waals surface area contributed by atoms with Gasteiger partial charge in [-0.25, -0.2) is 0 Å². The van der Waals surface area contributed by atoms with E-state index in [2.05, 4.69) is 182 Å². The molecule has 0 bridgehead atoms. The van der Waals surface area contributed by atoms with E-state index >= 15 is 0 Å². The van der Waals surface area contributed by atoms with Crippen molar-refractivity contribution in [2.75, 3.05) is 0 Å². The van der Waals surface area contributed by atoms with Gasteiger partial charge in [0.25, 0.3) is 0 Å². The first-order valence-electron chi connectivity index (χ1n) is 17.9. The molecule has 0 saturated carbocycles. The molecule has 51 heavy (non-hydrogen) atoms. The van der Waals surface area contributed by atoms with E-state index in [9.17, 15) is 0 Å². The van der Waals surface area contributed by atoms with Crippen LogP contribution < -0.4 is 0 Å². The summed E-state index contributed by atoms with van der Waals surface area (Å²) in [5, 5.41) is 10.5. The molecule has 0 nitrogen and oxygen atoms in total. The summed E-state index contributed by atoms with van der Waals surface area (Å²) >= 11 is 0. The highest BCUT2D eigenvalue weighted by Gasteiger charge is 2.53. The van der Waals surface area contributed by atoms with Gasteiger partial charge in [-0.05, 0) is 122 Å². The number of hydrogen-bond acceptors (Lipinski definition) is 0. The zero-order valence-electron chi connectivity index (χ0n) is 27.8. The number of fused-ring (bicyclic) bond motifs is 12. The average molecular weight is 643 g/mol. The van der Waals surface area contributed by atoms with Gasteiger partial charge in [-0.3, -0.25) is 0 Å². The zero-order chi connectivity index (χ0) is 33.3. The molecular weight excluding hydrogens is 613 g/mol. The molecule has 0 radical (unpaired) electrons. The second kappa shape index (κ2) is 9.81. The lowest BCUT2D eigenvalue weighted by molar-refractivity contribution is 0.802. The lowest BCUT2D eigenvalue weighted by atomic mass is 9.69. The van der Waals surface area contributed by atoms with Crippen LogP contribution in [-0.2, 0) is 5.41 Å². The van der Waals surface area contributed by atoms with Gasteiger partial charge < -0.3 is 0 Å². The van der Waals surface area contributed by atoms with Crippen LogP contribution >= 0.6 is 0 Å². The summed E-state index contributed by atoms with van der Waals surface area (Å²) in [6, 6.07) is 68.6. The first kappa shape index (κ1) is 27.3. The molecule has 0 atom stereocenters. The summed E-state index contributed by atoms with van der Waals surface area (Å²) in [5.41, 5.74) is 15.4. The Kier molecular flexibility index (Phi) is 5.26. The minimum atomic E-state index is -0.470. The summed E-state index contributed by atoms with van der Waals surface area (Å²) in [5.74, 6) is 0. The van der Waals surface area contributed by atoms with E-state index < -0.39 is 5.41 Å². The molecular formula is C51H30. The van der Waals surface area contributed by atoms with Gasteiger partial charge in [-0.15, -0.1) is 0 Å². The normalized spacial score (nSPS) is 13.6. The van der Waals surface area contributed by atoms with Crippen molar-refractivity contribution in [1.82, 2.24) is 0 Å². The maximum Gasteiger partial charge on any atom is 0.0731 e. The molecule has 234 valence electrons. The Bertz CT molecular complexity index is 3010. The third-order valence-corrected chi connectivity index (χ3v) is 12.0. The quantitative estimate of drug-likeness (QED) is 0.165. The molecule has 10 aromatic carbocycles. The van der Waals surface area contributed by atoms with Crippen molar-refractivity contribution in [2.45, 2.75) is 5.41 Å². The van der Waals surface area contributed by atoms with E-state index in [1.54, 1.807) is 0 Å². The Morgan fingerprint density at radius 2 is 0.902 bits per heavy atom. The summed E-state index contributed by atoms with van der Waals surface area (Å²) < 4.78 is 0. The Morgan fingerprint density at radius 3 is 1.69 bits per heavy atom. The van der Waals surface area contributed by atoms with Crippen LogP contribution in [0.5, 0.6) is 0 Å². The highest BCUT2D eigenvalue weighted by Crippen LogP contribution is 2.66. The van der Waals surface area contributed by atoms with Crippen LogP contribution in [0.3, 0.4) is 0 Å². The van der Waals surface area contributed by atoms with E-state index in [-0.39, 0.29) is 0 Å². The van der Waals surface area contributed by atoms with Crippen molar-refractivity contribution in [2.24, 2.45) is 0 Å². The van der Waals surface area contributed by atoms with E-state index in [0.29, 0.717) is 0 Å². The second-order valence-electron chi connectivity index (χ2n) is 14.3. The minimum absolute atomic E-state index is 0.470. The van der Waals surface area contributed by atoms with Gasteiger partial charge >= 0.3 is 0 Å². The molecule has 12 rings (SSSR count). The molecule has 0 aliphatic heterocycles. The van der Waals surface area contributed by atoms with Crippen molar-refractivity contribution in [1.29, 1.82) is 0 Å². The van der Waals surface area contributed by atoms with Crippen molar-refractivity contribution >= 4 is 43.1 Å². The largest absolute Gasteiger partial charge is 0.0731 e.